The number of hydrogen-bond acceptors (Lipinski definition) is 3. The Morgan fingerprint density at radius 3 is 2.89 bits per heavy atom. The van der Waals surface area contributed by atoms with Gasteiger partial charge >= 0.3 is 5.97 Å². The number of rotatable bonds is 5. The molecule has 4 nitrogen and oxygen atoms in total. The van der Waals surface area contributed by atoms with Crippen molar-refractivity contribution in [1.29, 1.82) is 0 Å². The van der Waals surface area contributed by atoms with Crippen LogP contribution in [-0.4, -0.2) is 26.4 Å². The summed E-state index contributed by atoms with van der Waals surface area (Å²) in [5.74, 6) is -2.68. The van der Waals surface area contributed by atoms with E-state index in [9.17, 15) is 13.6 Å². The smallest absolute Gasteiger partial charge is 0.313 e. The quantitative estimate of drug-likeness (QED) is 0.677. The lowest BCUT2D eigenvalue weighted by Gasteiger charge is -2.04. The molecule has 0 unspecified atom stereocenters. The first-order valence-corrected chi connectivity index (χ1v) is 6.32. The molecule has 0 spiro atoms. The first kappa shape index (κ1) is 13.5. The van der Waals surface area contributed by atoms with E-state index in [1.807, 2.05) is 0 Å². The number of carboxylic acids is 1. The molecule has 2 aromatic rings. The maximum Gasteiger partial charge on any atom is 0.313 e. The van der Waals surface area contributed by atoms with Gasteiger partial charge in [0.25, 0.3) is 0 Å². The maximum absolute atomic E-state index is 13.6. The number of carboxylic acid groups (broad SMARTS) is 1. The SMILES string of the molecule is C=CCn1c(SCC(=O)O)nc2c(F)cc(F)cc21. The van der Waals surface area contributed by atoms with Crippen LogP contribution in [0.2, 0.25) is 0 Å². The third-order valence-corrected chi connectivity index (χ3v) is 3.33. The van der Waals surface area contributed by atoms with Gasteiger partial charge in [-0.15, -0.1) is 6.58 Å². The molecule has 0 saturated carbocycles. The molecule has 0 amide bonds. The highest BCUT2D eigenvalue weighted by atomic mass is 32.2. The summed E-state index contributed by atoms with van der Waals surface area (Å²) >= 11 is 0.951. The number of nitrogens with zero attached hydrogens (tertiary/aromatic N) is 2. The largest absolute Gasteiger partial charge is 0.481 e. The standard InChI is InChI=1S/C12H10F2N2O2S/c1-2-3-16-9-5-7(13)4-8(14)11(9)15-12(16)19-6-10(17)18/h2,4-5H,1,3,6H2,(H,17,18). The molecule has 0 aliphatic carbocycles. The van der Waals surface area contributed by atoms with Crippen LogP contribution in [0, 0.1) is 11.6 Å². The monoisotopic (exact) mass is 284 g/mol. The molecule has 19 heavy (non-hydrogen) atoms. The highest BCUT2D eigenvalue weighted by Crippen LogP contribution is 2.26. The van der Waals surface area contributed by atoms with E-state index in [1.54, 1.807) is 6.08 Å². The molecular formula is C12H10F2N2O2S. The predicted octanol–water partition coefficient (Wildman–Crippen LogP) is 2.68. The van der Waals surface area contributed by atoms with Crippen molar-refractivity contribution >= 4 is 28.8 Å². The first-order chi connectivity index (χ1) is 9.02. The number of allylic oxidation sites excluding steroid dienone is 1. The fourth-order valence-electron chi connectivity index (χ4n) is 1.67. The van der Waals surface area contributed by atoms with Gasteiger partial charge in [0, 0.05) is 18.7 Å². The molecule has 1 N–H and O–H groups in total. The summed E-state index contributed by atoms with van der Waals surface area (Å²) < 4.78 is 28.4. The Labute approximate surface area is 111 Å². The summed E-state index contributed by atoms with van der Waals surface area (Å²) in [6.07, 6.45) is 1.55. The van der Waals surface area contributed by atoms with Gasteiger partial charge in [0.2, 0.25) is 0 Å². The van der Waals surface area contributed by atoms with Crippen LogP contribution in [0.1, 0.15) is 0 Å². The second-order valence-corrected chi connectivity index (χ2v) is 4.67. The predicted molar refractivity (Wildman–Crippen MR) is 68.2 cm³/mol. The highest BCUT2D eigenvalue weighted by Gasteiger charge is 2.16. The lowest BCUT2D eigenvalue weighted by atomic mass is 10.3. The fraction of sp³-hybridized carbons (Fsp3) is 0.167. The third kappa shape index (κ3) is 2.76. The molecule has 0 atom stereocenters. The Bertz CT molecular complexity index is 655. The van der Waals surface area contributed by atoms with E-state index in [-0.39, 0.29) is 16.8 Å². The van der Waals surface area contributed by atoms with Gasteiger partial charge in [-0.1, -0.05) is 17.8 Å². The van der Waals surface area contributed by atoms with Gasteiger partial charge < -0.3 is 9.67 Å². The van der Waals surface area contributed by atoms with Crippen LogP contribution in [0.4, 0.5) is 8.78 Å². The molecule has 1 aromatic heterocycles. The van der Waals surface area contributed by atoms with Gasteiger partial charge in [-0.2, -0.15) is 0 Å². The van der Waals surface area contributed by atoms with Crippen LogP contribution in [-0.2, 0) is 11.3 Å². The Kier molecular flexibility index (Phi) is 3.84. The van der Waals surface area contributed by atoms with Crippen molar-refractivity contribution in [3.05, 3.63) is 36.4 Å². The van der Waals surface area contributed by atoms with E-state index in [0.29, 0.717) is 11.7 Å². The average molecular weight is 284 g/mol. The van der Waals surface area contributed by atoms with E-state index in [1.165, 1.54) is 10.6 Å². The summed E-state index contributed by atoms with van der Waals surface area (Å²) in [6, 6.07) is 1.92. The minimum Gasteiger partial charge on any atom is -0.481 e. The van der Waals surface area contributed by atoms with Crippen molar-refractivity contribution in [3.63, 3.8) is 0 Å². The number of benzene rings is 1. The molecule has 0 aliphatic heterocycles. The number of carbonyl (C=O) groups is 1. The number of hydrogen-bond donors (Lipinski definition) is 1. The van der Waals surface area contributed by atoms with E-state index in [4.69, 9.17) is 5.11 Å². The van der Waals surface area contributed by atoms with Crippen LogP contribution in [0.3, 0.4) is 0 Å². The molecule has 0 radical (unpaired) electrons. The topological polar surface area (TPSA) is 55.1 Å². The zero-order valence-corrected chi connectivity index (χ0v) is 10.6. The molecule has 7 heteroatoms. The van der Waals surface area contributed by atoms with E-state index < -0.39 is 17.6 Å². The van der Waals surface area contributed by atoms with E-state index >= 15 is 0 Å². The molecule has 1 aromatic carbocycles. The summed E-state index contributed by atoms with van der Waals surface area (Å²) in [5, 5.41) is 8.98. The molecule has 100 valence electrons. The van der Waals surface area contributed by atoms with E-state index in [0.717, 1.165) is 17.8 Å². The lowest BCUT2D eigenvalue weighted by molar-refractivity contribution is -0.133. The summed E-state index contributed by atoms with van der Waals surface area (Å²) in [7, 11) is 0. The Balaban J connectivity index is 2.56. The summed E-state index contributed by atoms with van der Waals surface area (Å²) in [5.41, 5.74) is 0.307. The number of aromatic nitrogens is 2. The number of halogens is 2. The molecule has 0 aliphatic rings. The second kappa shape index (κ2) is 5.40. The van der Waals surface area contributed by atoms with Gasteiger partial charge in [-0.3, -0.25) is 4.79 Å². The number of aliphatic carboxylic acids is 1. The van der Waals surface area contributed by atoms with Crippen molar-refractivity contribution in [1.82, 2.24) is 9.55 Å². The van der Waals surface area contributed by atoms with Crippen molar-refractivity contribution < 1.29 is 18.7 Å². The molecular weight excluding hydrogens is 274 g/mol. The van der Waals surface area contributed by atoms with Crippen molar-refractivity contribution in [3.8, 4) is 0 Å². The zero-order valence-electron chi connectivity index (χ0n) is 9.77. The van der Waals surface area contributed by atoms with Crippen LogP contribution in [0.15, 0.2) is 29.9 Å². The lowest BCUT2D eigenvalue weighted by Crippen LogP contribution is -2.02. The molecule has 0 fully saturated rings. The normalized spacial score (nSPS) is 10.8. The molecule has 0 saturated heterocycles. The molecule has 2 rings (SSSR count). The van der Waals surface area contributed by atoms with Crippen LogP contribution in [0.25, 0.3) is 11.0 Å². The Hall–Kier alpha value is -1.89. The Morgan fingerprint density at radius 1 is 1.53 bits per heavy atom. The van der Waals surface area contributed by atoms with Gasteiger partial charge in [-0.25, -0.2) is 13.8 Å². The average Bonchev–Trinajstić information content (AvgIpc) is 2.66. The van der Waals surface area contributed by atoms with Crippen LogP contribution < -0.4 is 0 Å². The number of thioether (sulfide) groups is 1. The van der Waals surface area contributed by atoms with Crippen molar-refractivity contribution in [2.45, 2.75) is 11.7 Å². The minimum absolute atomic E-state index is 0.0242. The maximum atomic E-state index is 13.6. The van der Waals surface area contributed by atoms with Gasteiger partial charge in [-0.05, 0) is 0 Å². The number of fused-ring (bicyclic) bond motifs is 1. The van der Waals surface area contributed by atoms with Gasteiger partial charge in [0.05, 0.1) is 11.3 Å². The summed E-state index contributed by atoms with van der Waals surface area (Å²) in [6.45, 7) is 3.85. The fourth-order valence-corrected chi connectivity index (χ4v) is 2.41. The van der Waals surface area contributed by atoms with Gasteiger partial charge in [0.1, 0.15) is 11.3 Å². The molecule has 0 bridgehead atoms. The summed E-state index contributed by atoms with van der Waals surface area (Å²) in [4.78, 5) is 14.6. The van der Waals surface area contributed by atoms with Crippen molar-refractivity contribution in [2.24, 2.45) is 0 Å². The highest BCUT2D eigenvalue weighted by molar-refractivity contribution is 7.99. The van der Waals surface area contributed by atoms with Crippen LogP contribution >= 0.6 is 11.8 Å². The Morgan fingerprint density at radius 2 is 2.26 bits per heavy atom. The zero-order chi connectivity index (χ0) is 14.0. The van der Waals surface area contributed by atoms with E-state index in [2.05, 4.69) is 11.6 Å². The number of imidazole rings is 1. The van der Waals surface area contributed by atoms with Gasteiger partial charge in [0.15, 0.2) is 11.0 Å². The second-order valence-electron chi connectivity index (χ2n) is 3.73. The third-order valence-electron chi connectivity index (χ3n) is 2.37. The van der Waals surface area contributed by atoms with Crippen molar-refractivity contribution in [2.75, 3.05) is 5.75 Å². The first-order valence-electron chi connectivity index (χ1n) is 5.33. The minimum atomic E-state index is -1.01. The van der Waals surface area contributed by atoms with Crippen LogP contribution in [0.5, 0.6) is 0 Å². The molecule has 1 heterocycles.